The molecule has 0 atom stereocenters. The lowest BCUT2D eigenvalue weighted by atomic mass is 9.94. The zero-order valence-corrected chi connectivity index (χ0v) is 14.3. The van der Waals surface area contributed by atoms with Crippen molar-refractivity contribution in [3.05, 3.63) is 77.3 Å². The highest BCUT2D eigenvalue weighted by Gasteiger charge is 2.14. The summed E-state index contributed by atoms with van der Waals surface area (Å²) < 4.78 is 50.3. The van der Waals surface area contributed by atoms with E-state index in [9.17, 15) is 17.2 Å². The number of rotatable bonds is 3. The number of hydrogen-bond donors (Lipinski definition) is 1. The summed E-state index contributed by atoms with van der Waals surface area (Å²) in [6, 6.07) is 14.5. The van der Waals surface area contributed by atoms with Crippen molar-refractivity contribution < 1.29 is 17.2 Å². The molecule has 0 spiro atoms. The molecule has 0 fully saturated rings. The van der Waals surface area contributed by atoms with Gasteiger partial charge in [-0.05, 0) is 58.7 Å². The molecule has 0 saturated carbocycles. The Bertz CT molecular complexity index is 1030. The van der Waals surface area contributed by atoms with Gasteiger partial charge in [-0.2, -0.15) is 0 Å². The van der Waals surface area contributed by atoms with Gasteiger partial charge in [0.1, 0.15) is 0 Å². The van der Waals surface area contributed by atoms with Gasteiger partial charge in [0.2, 0.25) is 10.0 Å². The van der Waals surface area contributed by atoms with Gasteiger partial charge < -0.3 is 0 Å². The fourth-order valence-electron chi connectivity index (χ4n) is 2.48. The first kappa shape index (κ1) is 17.5. The van der Waals surface area contributed by atoms with Crippen LogP contribution in [-0.2, 0) is 10.0 Å². The highest BCUT2D eigenvalue weighted by Crippen LogP contribution is 2.34. The summed E-state index contributed by atoms with van der Waals surface area (Å²) in [6.45, 7) is 0. The van der Waals surface area contributed by atoms with Gasteiger partial charge in [-0.25, -0.2) is 22.3 Å². The minimum absolute atomic E-state index is 0.0631. The van der Waals surface area contributed by atoms with Crippen LogP contribution in [0.4, 0.5) is 8.78 Å². The van der Waals surface area contributed by atoms with Crippen molar-refractivity contribution in [2.45, 2.75) is 4.90 Å². The molecule has 0 aliphatic rings. The molecule has 25 heavy (non-hydrogen) atoms. The Hall–Kier alpha value is -2.28. The lowest BCUT2D eigenvalue weighted by Gasteiger charge is -2.12. The minimum atomic E-state index is -3.83. The van der Waals surface area contributed by atoms with E-state index in [0.717, 1.165) is 12.1 Å². The SMILES string of the molecule is NS(=O)(=O)c1ccc(-c2cc(F)c(F)cc2-c2ccc(Cl)cc2)cc1. The Morgan fingerprint density at radius 1 is 0.760 bits per heavy atom. The summed E-state index contributed by atoms with van der Waals surface area (Å²) in [5.41, 5.74) is 2.05. The lowest BCUT2D eigenvalue weighted by molar-refractivity contribution is 0.509. The molecule has 0 aliphatic heterocycles. The third-order valence-corrected chi connectivity index (χ3v) is 4.89. The maximum absolute atomic E-state index is 13.8. The quantitative estimate of drug-likeness (QED) is 0.723. The van der Waals surface area contributed by atoms with Crippen LogP contribution >= 0.6 is 11.6 Å². The van der Waals surface area contributed by atoms with Gasteiger partial charge in [0, 0.05) is 5.02 Å². The Labute approximate surface area is 148 Å². The average molecular weight is 380 g/mol. The molecule has 3 aromatic rings. The largest absolute Gasteiger partial charge is 0.238 e. The van der Waals surface area contributed by atoms with Crippen LogP contribution in [0.15, 0.2) is 65.6 Å². The zero-order valence-electron chi connectivity index (χ0n) is 12.7. The van der Waals surface area contributed by atoms with Crippen molar-refractivity contribution in [3.8, 4) is 22.3 Å². The van der Waals surface area contributed by atoms with E-state index >= 15 is 0 Å². The smallest absolute Gasteiger partial charge is 0.225 e. The molecule has 0 aliphatic carbocycles. The number of nitrogens with two attached hydrogens (primary N) is 1. The van der Waals surface area contributed by atoms with E-state index in [-0.39, 0.29) is 4.90 Å². The molecule has 0 unspecified atom stereocenters. The van der Waals surface area contributed by atoms with E-state index in [1.54, 1.807) is 24.3 Å². The van der Waals surface area contributed by atoms with Gasteiger partial charge >= 0.3 is 0 Å². The van der Waals surface area contributed by atoms with E-state index in [1.165, 1.54) is 24.3 Å². The molecule has 0 radical (unpaired) electrons. The van der Waals surface area contributed by atoms with Crippen molar-refractivity contribution in [1.29, 1.82) is 0 Å². The Balaban J connectivity index is 2.18. The van der Waals surface area contributed by atoms with Crippen molar-refractivity contribution in [2.24, 2.45) is 5.14 Å². The van der Waals surface area contributed by atoms with Gasteiger partial charge in [-0.1, -0.05) is 35.9 Å². The second-order valence-electron chi connectivity index (χ2n) is 5.39. The molecule has 3 aromatic carbocycles. The van der Waals surface area contributed by atoms with Gasteiger partial charge in [-0.15, -0.1) is 0 Å². The second-order valence-corrected chi connectivity index (χ2v) is 7.39. The van der Waals surface area contributed by atoms with Crippen LogP contribution in [0.25, 0.3) is 22.3 Å². The van der Waals surface area contributed by atoms with Gasteiger partial charge in [0.25, 0.3) is 0 Å². The summed E-state index contributed by atoms with van der Waals surface area (Å²) in [4.78, 5) is -0.0631. The Morgan fingerprint density at radius 2 is 1.16 bits per heavy atom. The van der Waals surface area contributed by atoms with Gasteiger partial charge in [0.15, 0.2) is 11.6 Å². The third kappa shape index (κ3) is 3.71. The first-order valence-corrected chi connectivity index (χ1v) is 9.06. The van der Waals surface area contributed by atoms with E-state index in [2.05, 4.69) is 0 Å². The molecule has 0 bridgehead atoms. The van der Waals surface area contributed by atoms with Gasteiger partial charge in [0.05, 0.1) is 4.90 Å². The zero-order chi connectivity index (χ0) is 18.2. The predicted molar refractivity (Wildman–Crippen MR) is 93.6 cm³/mol. The normalized spacial score (nSPS) is 11.5. The molecular weight excluding hydrogens is 368 g/mol. The van der Waals surface area contributed by atoms with Crippen LogP contribution < -0.4 is 5.14 Å². The molecule has 3 nitrogen and oxygen atoms in total. The molecule has 0 heterocycles. The van der Waals surface area contributed by atoms with Crippen LogP contribution in [0.3, 0.4) is 0 Å². The van der Waals surface area contributed by atoms with E-state index in [0.29, 0.717) is 27.3 Å². The van der Waals surface area contributed by atoms with Crippen LogP contribution in [0, 0.1) is 11.6 Å². The fourth-order valence-corrected chi connectivity index (χ4v) is 3.12. The van der Waals surface area contributed by atoms with Crippen LogP contribution in [0.1, 0.15) is 0 Å². The number of halogens is 3. The molecule has 0 aromatic heterocycles. The van der Waals surface area contributed by atoms with Crippen LogP contribution in [-0.4, -0.2) is 8.42 Å². The third-order valence-electron chi connectivity index (χ3n) is 3.71. The summed E-state index contributed by atoms with van der Waals surface area (Å²) >= 11 is 5.87. The predicted octanol–water partition coefficient (Wildman–Crippen LogP) is 4.60. The summed E-state index contributed by atoms with van der Waals surface area (Å²) in [5, 5.41) is 5.59. The molecule has 7 heteroatoms. The molecule has 0 saturated heterocycles. The summed E-state index contributed by atoms with van der Waals surface area (Å²) in [6.07, 6.45) is 0. The number of benzene rings is 3. The molecular formula is C18H12ClF2NO2S. The molecule has 128 valence electrons. The molecule has 0 amide bonds. The highest BCUT2D eigenvalue weighted by molar-refractivity contribution is 7.89. The lowest BCUT2D eigenvalue weighted by Crippen LogP contribution is -2.11. The van der Waals surface area contributed by atoms with E-state index in [1.807, 2.05) is 0 Å². The van der Waals surface area contributed by atoms with Crippen molar-refractivity contribution in [2.75, 3.05) is 0 Å². The monoisotopic (exact) mass is 379 g/mol. The maximum atomic E-state index is 13.8. The molecule has 3 rings (SSSR count). The molecule has 2 N–H and O–H groups in total. The number of hydrogen-bond acceptors (Lipinski definition) is 2. The Morgan fingerprint density at radius 3 is 1.56 bits per heavy atom. The minimum Gasteiger partial charge on any atom is -0.225 e. The first-order chi connectivity index (χ1) is 11.8. The standard InChI is InChI=1S/C18H12ClF2NO2S/c19-13-5-1-11(2-6-13)15-9-17(20)18(21)10-16(15)12-3-7-14(8-4-12)25(22,23)24/h1-10H,(H2,22,23,24). The Kier molecular flexibility index (Phi) is 4.60. The van der Waals surface area contributed by atoms with Crippen LogP contribution in [0.5, 0.6) is 0 Å². The average Bonchev–Trinajstić information content (AvgIpc) is 2.57. The fraction of sp³-hybridized carbons (Fsp3) is 0. The van der Waals surface area contributed by atoms with Crippen LogP contribution in [0.2, 0.25) is 5.02 Å². The van der Waals surface area contributed by atoms with Crippen molar-refractivity contribution in [3.63, 3.8) is 0 Å². The maximum Gasteiger partial charge on any atom is 0.238 e. The highest BCUT2D eigenvalue weighted by atomic mass is 35.5. The number of sulfonamides is 1. The summed E-state index contributed by atoms with van der Waals surface area (Å²) in [5.74, 6) is -1.97. The number of primary sulfonamides is 1. The van der Waals surface area contributed by atoms with Crippen molar-refractivity contribution >= 4 is 21.6 Å². The topological polar surface area (TPSA) is 60.2 Å². The summed E-state index contributed by atoms with van der Waals surface area (Å²) in [7, 11) is -3.83. The van der Waals surface area contributed by atoms with E-state index in [4.69, 9.17) is 16.7 Å². The van der Waals surface area contributed by atoms with Gasteiger partial charge in [-0.3, -0.25) is 0 Å². The van der Waals surface area contributed by atoms with E-state index < -0.39 is 21.7 Å². The van der Waals surface area contributed by atoms with Crippen molar-refractivity contribution in [1.82, 2.24) is 0 Å². The second kappa shape index (κ2) is 6.55. The first-order valence-electron chi connectivity index (χ1n) is 7.14.